The minimum absolute atomic E-state index is 0.614. The lowest BCUT2D eigenvalue weighted by atomic mass is 9.80. The van der Waals surface area contributed by atoms with E-state index in [4.69, 9.17) is 15.5 Å². The van der Waals surface area contributed by atoms with Crippen LogP contribution in [0.15, 0.2) is 24.2 Å². The van der Waals surface area contributed by atoms with Gasteiger partial charge in [-0.1, -0.05) is 18.1 Å². The number of hydrogen-bond acceptors (Lipinski definition) is 3. The van der Waals surface area contributed by atoms with Gasteiger partial charge in [-0.05, 0) is 6.04 Å². The first kappa shape index (κ1) is 3.41. The molecule has 1 aromatic rings. The molecule has 52 valence electrons. The van der Waals surface area contributed by atoms with E-state index in [1.54, 1.807) is 0 Å². The van der Waals surface area contributed by atoms with Gasteiger partial charge in [-0.3, -0.25) is 0 Å². The molecule has 0 fully saturated rings. The normalized spacial score (nSPS) is 15.0. The molecule has 0 heterocycles. The lowest BCUT2D eigenvalue weighted by molar-refractivity contribution is 0.419. The van der Waals surface area contributed by atoms with Crippen LogP contribution in [-0.2, 0) is 0 Å². The molecular formula is C6H7BO3. The van der Waals surface area contributed by atoms with Crippen LogP contribution in [0.3, 0.4) is 0 Å². The summed E-state index contributed by atoms with van der Waals surface area (Å²) in [4.78, 5) is 0. The van der Waals surface area contributed by atoms with Crippen LogP contribution < -0.4 is 5.46 Å². The Morgan fingerprint density at radius 3 is 2.50 bits per heavy atom. The lowest BCUT2D eigenvalue weighted by Crippen LogP contribution is -2.29. The minimum atomic E-state index is -2.13. The average molecular weight is 142 g/mol. The summed E-state index contributed by atoms with van der Waals surface area (Å²) >= 11 is 0. The molecule has 0 spiro atoms. The SMILES string of the molecule is [2H]c1c([2H])c([2H])c(B(O)O)c(O)c1[2H]. The topological polar surface area (TPSA) is 60.7 Å². The van der Waals surface area contributed by atoms with Gasteiger partial charge < -0.3 is 15.2 Å². The number of hydrogen-bond donors (Lipinski definition) is 3. The smallest absolute Gasteiger partial charge is 0.492 e. The molecule has 0 aliphatic carbocycles. The molecule has 4 heteroatoms. The highest BCUT2D eigenvalue weighted by Gasteiger charge is 2.13. The Morgan fingerprint density at radius 2 is 1.90 bits per heavy atom. The van der Waals surface area contributed by atoms with Crippen molar-refractivity contribution in [2.75, 3.05) is 0 Å². The highest BCUT2D eigenvalue weighted by atomic mass is 16.4. The maximum Gasteiger partial charge on any atom is 0.492 e. The van der Waals surface area contributed by atoms with Crippen LogP contribution in [0.25, 0.3) is 0 Å². The lowest BCUT2D eigenvalue weighted by Gasteiger charge is -1.99. The number of para-hydroxylation sites is 1. The van der Waals surface area contributed by atoms with E-state index in [1.807, 2.05) is 0 Å². The molecule has 0 radical (unpaired) electrons. The van der Waals surface area contributed by atoms with Gasteiger partial charge in [-0.25, -0.2) is 0 Å². The Morgan fingerprint density at radius 1 is 1.30 bits per heavy atom. The van der Waals surface area contributed by atoms with Crippen molar-refractivity contribution < 1.29 is 20.6 Å². The molecule has 1 rings (SSSR count). The van der Waals surface area contributed by atoms with E-state index in [1.165, 1.54) is 0 Å². The van der Waals surface area contributed by atoms with E-state index in [-0.39, 0.29) is 0 Å². The minimum Gasteiger partial charge on any atom is -0.508 e. The molecule has 0 bridgehead atoms. The van der Waals surface area contributed by atoms with Crippen molar-refractivity contribution in [2.24, 2.45) is 0 Å². The first-order valence-electron chi connectivity index (χ1n) is 4.53. The molecule has 0 atom stereocenters. The molecule has 0 saturated heterocycles. The first-order chi connectivity index (χ1) is 6.37. The van der Waals surface area contributed by atoms with E-state index in [2.05, 4.69) is 0 Å². The fourth-order valence-electron chi connectivity index (χ4n) is 0.502. The second-order valence-corrected chi connectivity index (χ2v) is 1.64. The summed E-state index contributed by atoms with van der Waals surface area (Å²) in [7, 11) is -2.13. The third kappa shape index (κ3) is 1.29. The third-order valence-corrected chi connectivity index (χ3v) is 0.954. The predicted molar refractivity (Wildman–Crippen MR) is 37.9 cm³/mol. The number of aromatic hydroxyl groups is 1. The van der Waals surface area contributed by atoms with Gasteiger partial charge in [0.1, 0.15) is 5.75 Å². The Labute approximate surface area is 64.3 Å². The van der Waals surface area contributed by atoms with Crippen LogP contribution in [0.2, 0.25) is 0 Å². The zero-order valence-electron chi connectivity index (χ0n) is 8.92. The highest BCUT2D eigenvalue weighted by Crippen LogP contribution is 2.02. The Bertz CT molecular complexity index is 353. The number of rotatable bonds is 1. The van der Waals surface area contributed by atoms with Gasteiger partial charge in [0, 0.05) is 5.46 Å². The van der Waals surface area contributed by atoms with Gasteiger partial charge in [0.05, 0.1) is 5.48 Å². The third-order valence-electron chi connectivity index (χ3n) is 0.954. The number of phenols is 1. The Kier molecular flexibility index (Phi) is 0.930. The van der Waals surface area contributed by atoms with Gasteiger partial charge >= 0.3 is 7.12 Å². The Balaban J connectivity index is 3.60. The van der Waals surface area contributed by atoms with Gasteiger partial charge in [0.25, 0.3) is 0 Å². The second-order valence-electron chi connectivity index (χ2n) is 1.64. The van der Waals surface area contributed by atoms with Crippen LogP contribution in [0, 0.1) is 0 Å². The maximum absolute atomic E-state index is 9.22. The van der Waals surface area contributed by atoms with Crippen molar-refractivity contribution in [3.8, 4) is 5.75 Å². The summed E-state index contributed by atoms with van der Waals surface area (Å²) in [6.07, 6.45) is 0. The van der Waals surface area contributed by atoms with E-state index in [9.17, 15) is 5.11 Å². The highest BCUT2D eigenvalue weighted by molar-refractivity contribution is 6.59. The number of benzene rings is 1. The van der Waals surface area contributed by atoms with Crippen LogP contribution in [-0.4, -0.2) is 22.3 Å². The fraction of sp³-hybridized carbons (Fsp3) is 0. The molecule has 0 amide bonds. The molecule has 10 heavy (non-hydrogen) atoms. The monoisotopic (exact) mass is 142 g/mol. The van der Waals surface area contributed by atoms with Crippen LogP contribution in [0.4, 0.5) is 0 Å². The summed E-state index contributed by atoms with van der Waals surface area (Å²) < 4.78 is 28.7. The largest absolute Gasteiger partial charge is 0.508 e. The van der Waals surface area contributed by atoms with Crippen LogP contribution in [0.1, 0.15) is 5.48 Å². The van der Waals surface area contributed by atoms with Gasteiger partial charge in [0.2, 0.25) is 0 Å². The van der Waals surface area contributed by atoms with Crippen molar-refractivity contribution in [3.05, 3.63) is 24.2 Å². The van der Waals surface area contributed by atoms with E-state index >= 15 is 0 Å². The molecule has 3 nitrogen and oxygen atoms in total. The van der Waals surface area contributed by atoms with Gasteiger partial charge in [0.15, 0.2) is 0 Å². The van der Waals surface area contributed by atoms with Crippen LogP contribution in [0.5, 0.6) is 5.75 Å². The summed E-state index contributed by atoms with van der Waals surface area (Å²) in [5.41, 5.74) is -0.615. The molecule has 0 aliphatic rings. The zero-order valence-corrected chi connectivity index (χ0v) is 4.92. The Hall–Kier alpha value is -0.995. The standard InChI is InChI=1S/C6H7BO3/c8-6-4-2-1-3-5(6)7(9)10/h1-4,8-10H/i1D,2D,3D,4D. The van der Waals surface area contributed by atoms with E-state index in [0.29, 0.717) is 0 Å². The zero-order chi connectivity index (χ0) is 11.0. The molecule has 3 N–H and O–H groups in total. The van der Waals surface area contributed by atoms with E-state index in [0.717, 1.165) is 0 Å². The predicted octanol–water partition coefficient (Wildman–Crippen LogP) is -0.928. The fourth-order valence-corrected chi connectivity index (χ4v) is 0.502. The molecule has 0 aliphatic heterocycles. The van der Waals surface area contributed by atoms with Gasteiger partial charge in [-0.15, -0.1) is 0 Å². The second kappa shape index (κ2) is 2.73. The molecule has 0 unspecified atom stereocenters. The van der Waals surface area contributed by atoms with Crippen molar-refractivity contribution in [1.82, 2.24) is 0 Å². The van der Waals surface area contributed by atoms with Crippen molar-refractivity contribution in [2.45, 2.75) is 0 Å². The molecule has 1 aromatic carbocycles. The van der Waals surface area contributed by atoms with Crippen molar-refractivity contribution in [3.63, 3.8) is 0 Å². The van der Waals surface area contributed by atoms with Gasteiger partial charge in [-0.2, -0.15) is 0 Å². The van der Waals surface area contributed by atoms with Crippen molar-refractivity contribution in [1.29, 1.82) is 0 Å². The average Bonchev–Trinajstić information content (AvgIpc) is 2.11. The van der Waals surface area contributed by atoms with Crippen molar-refractivity contribution >= 4 is 12.6 Å². The summed E-state index contributed by atoms with van der Waals surface area (Å²) in [5.74, 6) is -0.842. The molecular weight excluding hydrogens is 131 g/mol. The maximum atomic E-state index is 9.22. The summed E-state index contributed by atoms with van der Waals surface area (Å²) in [6, 6.07) is -2.57. The molecule has 0 saturated carbocycles. The summed E-state index contributed by atoms with van der Waals surface area (Å²) in [6.45, 7) is 0. The van der Waals surface area contributed by atoms with Crippen LogP contribution >= 0.6 is 0 Å². The van der Waals surface area contributed by atoms with E-state index < -0.39 is 42.5 Å². The molecule has 0 aromatic heterocycles. The number of phenolic OH excluding ortho intramolecular Hbond substituents is 1. The first-order valence-corrected chi connectivity index (χ1v) is 2.53. The summed E-state index contributed by atoms with van der Waals surface area (Å²) in [5, 5.41) is 26.8. The quantitative estimate of drug-likeness (QED) is 0.444.